The normalized spacial score (nSPS) is 10.1. The van der Waals surface area contributed by atoms with Crippen molar-refractivity contribution in [1.29, 1.82) is 5.26 Å². The smallest absolute Gasteiger partial charge is 0.142 e. The van der Waals surface area contributed by atoms with Crippen molar-refractivity contribution in [2.24, 2.45) is 0 Å². The number of anilines is 1. The summed E-state index contributed by atoms with van der Waals surface area (Å²) in [6.45, 7) is 1.47. The Kier molecular flexibility index (Phi) is 2.94. The first-order valence-electron chi connectivity index (χ1n) is 5.15. The summed E-state index contributed by atoms with van der Waals surface area (Å²) in [5.41, 5.74) is 6.18. The summed E-state index contributed by atoms with van der Waals surface area (Å²) in [6.07, 6.45) is 0. The monoisotopic (exact) mass is 245 g/mol. The standard InChI is InChI=1S/C13H9F2N3/c1-7-4-11(15)9(5-10(7)14)12-3-2-8(6-16)13(17)18-12/h2-5H,1H3,(H2,17,18). The fourth-order valence-corrected chi connectivity index (χ4v) is 1.56. The van der Waals surface area contributed by atoms with E-state index in [-0.39, 0.29) is 28.2 Å². The SMILES string of the molecule is Cc1cc(F)c(-c2ccc(C#N)c(N)n2)cc1F. The minimum Gasteiger partial charge on any atom is -0.383 e. The Hall–Kier alpha value is -2.48. The number of nitriles is 1. The van der Waals surface area contributed by atoms with Crippen LogP contribution in [0.15, 0.2) is 24.3 Å². The third-order valence-electron chi connectivity index (χ3n) is 2.57. The van der Waals surface area contributed by atoms with Gasteiger partial charge in [-0.25, -0.2) is 13.8 Å². The highest BCUT2D eigenvalue weighted by Crippen LogP contribution is 2.25. The fourth-order valence-electron chi connectivity index (χ4n) is 1.56. The summed E-state index contributed by atoms with van der Waals surface area (Å²) in [6, 6.07) is 6.88. The number of nitrogen functional groups attached to an aromatic ring is 1. The highest BCUT2D eigenvalue weighted by Gasteiger charge is 2.12. The Morgan fingerprint density at radius 2 is 1.94 bits per heavy atom. The van der Waals surface area contributed by atoms with Crippen molar-refractivity contribution in [1.82, 2.24) is 4.98 Å². The summed E-state index contributed by atoms with van der Waals surface area (Å²) in [5.74, 6) is -1.10. The van der Waals surface area contributed by atoms with Crippen molar-refractivity contribution >= 4 is 5.82 Å². The molecule has 0 bridgehead atoms. The molecular formula is C13H9F2N3. The van der Waals surface area contributed by atoms with Crippen molar-refractivity contribution in [2.45, 2.75) is 6.92 Å². The van der Waals surface area contributed by atoms with E-state index >= 15 is 0 Å². The van der Waals surface area contributed by atoms with Gasteiger partial charge in [-0.05, 0) is 36.8 Å². The number of benzene rings is 1. The minimum absolute atomic E-state index is 0.00427. The predicted molar refractivity (Wildman–Crippen MR) is 63.5 cm³/mol. The van der Waals surface area contributed by atoms with Crippen LogP contribution in [0.4, 0.5) is 14.6 Å². The zero-order chi connectivity index (χ0) is 13.3. The van der Waals surface area contributed by atoms with E-state index in [2.05, 4.69) is 4.98 Å². The Balaban J connectivity index is 2.60. The summed E-state index contributed by atoms with van der Waals surface area (Å²) >= 11 is 0. The first-order valence-corrected chi connectivity index (χ1v) is 5.15. The van der Waals surface area contributed by atoms with Gasteiger partial charge in [-0.2, -0.15) is 5.26 Å². The lowest BCUT2D eigenvalue weighted by Crippen LogP contribution is -1.98. The third-order valence-corrected chi connectivity index (χ3v) is 2.57. The lowest BCUT2D eigenvalue weighted by atomic mass is 10.1. The van der Waals surface area contributed by atoms with Crippen LogP contribution in [0, 0.1) is 29.9 Å². The van der Waals surface area contributed by atoms with Gasteiger partial charge < -0.3 is 5.73 Å². The maximum atomic E-state index is 13.7. The molecule has 0 amide bonds. The second-order valence-electron chi connectivity index (χ2n) is 3.82. The molecule has 0 saturated heterocycles. The van der Waals surface area contributed by atoms with Gasteiger partial charge in [-0.3, -0.25) is 0 Å². The van der Waals surface area contributed by atoms with Crippen molar-refractivity contribution < 1.29 is 8.78 Å². The highest BCUT2D eigenvalue weighted by molar-refractivity contribution is 5.64. The maximum absolute atomic E-state index is 13.7. The van der Waals surface area contributed by atoms with Crippen molar-refractivity contribution in [3.8, 4) is 17.3 Å². The quantitative estimate of drug-likeness (QED) is 0.840. The van der Waals surface area contributed by atoms with E-state index in [9.17, 15) is 8.78 Å². The highest BCUT2D eigenvalue weighted by atomic mass is 19.1. The van der Waals surface area contributed by atoms with Gasteiger partial charge in [0.05, 0.1) is 11.3 Å². The minimum atomic E-state index is -0.578. The van der Waals surface area contributed by atoms with Crippen LogP contribution in [0.25, 0.3) is 11.3 Å². The number of aryl methyl sites for hydroxylation is 1. The van der Waals surface area contributed by atoms with Crippen LogP contribution in [0.3, 0.4) is 0 Å². The zero-order valence-electron chi connectivity index (χ0n) is 9.54. The van der Waals surface area contributed by atoms with Gasteiger partial charge in [0, 0.05) is 5.56 Å². The molecule has 0 unspecified atom stereocenters. The first kappa shape index (κ1) is 12.0. The third kappa shape index (κ3) is 2.00. The molecule has 0 fully saturated rings. The number of nitrogens with zero attached hydrogens (tertiary/aromatic N) is 2. The molecule has 18 heavy (non-hydrogen) atoms. The second-order valence-corrected chi connectivity index (χ2v) is 3.82. The van der Waals surface area contributed by atoms with Crippen LogP contribution in [0.2, 0.25) is 0 Å². The molecule has 0 atom stereocenters. The largest absolute Gasteiger partial charge is 0.383 e. The predicted octanol–water partition coefficient (Wildman–Crippen LogP) is 2.79. The van der Waals surface area contributed by atoms with Gasteiger partial charge in [-0.15, -0.1) is 0 Å². The second kappa shape index (κ2) is 4.41. The van der Waals surface area contributed by atoms with Gasteiger partial charge >= 0.3 is 0 Å². The number of nitrogens with two attached hydrogens (primary N) is 1. The molecule has 1 heterocycles. The Bertz CT molecular complexity index is 660. The van der Waals surface area contributed by atoms with Gasteiger partial charge in [0.25, 0.3) is 0 Å². The topological polar surface area (TPSA) is 62.7 Å². The average Bonchev–Trinajstić information content (AvgIpc) is 2.33. The molecule has 0 saturated carbocycles. The Morgan fingerprint density at radius 3 is 2.56 bits per heavy atom. The molecule has 90 valence electrons. The summed E-state index contributed by atoms with van der Waals surface area (Å²) < 4.78 is 27.1. The Morgan fingerprint density at radius 1 is 1.22 bits per heavy atom. The van der Waals surface area contributed by atoms with E-state index in [0.717, 1.165) is 12.1 Å². The van der Waals surface area contributed by atoms with Gasteiger partial charge in [0.15, 0.2) is 0 Å². The molecule has 2 aromatic rings. The summed E-state index contributed by atoms with van der Waals surface area (Å²) in [5, 5.41) is 8.71. The summed E-state index contributed by atoms with van der Waals surface area (Å²) in [4.78, 5) is 3.89. The van der Waals surface area contributed by atoms with Crippen LogP contribution >= 0.6 is 0 Å². The number of hydrogen-bond donors (Lipinski definition) is 1. The van der Waals surface area contributed by atoms with E-state index in [1.807, 2.05) is 6.07 Å². The van der Waals surface area contributed by atoms with Gasteiger partial charge in [0.2, 0.25) is 0 Å². The lowest BCUT2D eigenvalue weighted by molar-refractivity contribution is 0.595. The average molecular weight is 245 g/mol. The number of aromatic nitrogens is 1. The lowest BCUT2D eigenvalue weighted by Gasteiger charge is -2.06. The molecule has 0 spiro atoms. The molecule has 5 heteroatoms. The molecule has 0 aliphatic carbocycles. The summed E-state index contributed by atoms with van der Waals surface area (Å²) in [7, 11) is 0. The van der Waals surface area contributed by atoms with Crippen molar-refractivity contribution in [2.75, 3.05) is 5.73 Å². The zero-order valence-corrected chi connectivity index (χ0v) is 9.54. The maximum Gasteiger partial charge on any atom is 0.142 e. The van der Waals surface area contributed by atoms with Crippen molar-refractivity contribution in [3.05, 3.63) is 47.0 Å². The number of rotatable bonds is 1. The number of hydrogen-bond acceptors (Lipinski definition) is 3. The first-order chi connectivity index (χ1) is 8.52. The van der Waals surface area contributed by atoms with E-state index in [0.29, 0.717) is 0 Å². The van der Waals surface area contributed by atoms with Crippen LogP contribution in [-0.2, 0) is 0 Å². The molecule has 1 aromatic heterocycles. The van der Waals surface area contributed by atoms with E-state index < -0.39 is 11.6 Å². The van der Waals surface area contributed by atoms with Gasteiger partial charge in [0.1, 0.15) is 23.5 Å². The molecule has 2 rings (SSSR count). The van der Waals surface area contributed by atoms with Crippen LogP contribution in [0.5, 0.6) is 0 Å². The van der Waals surface area contributed by atoms with E-state index in [1.165, 1.54) is 19.1 Å². The number of halogens is 2. The van der Waals surface area contributed by atoms with E-state index in [4.69, 9.17) is 11.0 Å². The molecule has 2 N–H and O–H groups in total. The van der Waals surface area contributed by atoms with Crippen LogP contribution < -0.4 is 5.73 Å². The fraction of sp³-hybridized carbons (Fsp3) is 0.0769. The van der Waals surface area contributed by atoms with Crippen LogP contribution in [0.1, 0.15) is 11.1 Å². The number of pyridine rings is 1. The molecule has 1 aromatic carbocycles. The van der Waals surface area contributed by atoms with E-state index in [1.54, 1.807) is 0 Å². The molecular weight excluding hydrogens is 236 g/mol. The van der Waals surface area contributed by atoms with Gasteiger partial charge in [-0.1, -0.05) is 0 Å². The Labute approximate surface area is 103 Å². The van der Waals surface area contributed by atoms with Crippen LogP contribution in [-0.4, -0.2) is 4.98 Å². The molecule has 0 aliphatic rings. The molecule has 0 radical (unpaired) electrons. The molecule has 0 aliphatic heterocycles. The molecule has 3 nitrogen and oxygen atoms in total. The van der Waals surface area contributed by atoms with Crippen molar-refractivity contribution in [3.63, 3.8) is 0 Å².